The van der Waals surface area contributed by atoms with Crippen molar-refractivity contribution in [2.24, 2.45) is 4.99 Å². The molecule has 0 saturated carbocycles. The summed E-state index contributed by atoms with van der Waals surface area (Å²) in [6.45, 7) is 3.65. The largest absolute Gasteiger partial charge is 0.497 e. The standard InChI is InChI=1S/C34H27N3O7S/c1-4-43-33(39)29-30(21-8-6-5-7-9-21)35-34-36(31(29)22-10-13-24(42-3)14-11-22)32(38)28(45-34)19-25-15-17-27(44-25)26-16-12-23(37(40)41)18-20(26)2/h5-19,31H,4H2,1-3H3/b28-19-/t31-/m1/s1. The van der Waals surface area contributed by atoms with Gasteiger partial charge in [0.2, 0.25) is 0 Å². The Morgan fingerprint density at radius 2 is 1.84 bits per heavy atom. The molecule has 0 fully saturated rings. The first-order valence-electron chi connectivity index (χ1n) is 14.1. The van der Waals surface area contributed by atoms with Gasteiger partial charge in [-0.1, -0.05) is 53.8 Å². The monoisotopic (exact) mass is 621 g/mol. The molecule has 11 heteroatoms. The molecule has 1 aliphatic rings. The van der Waals surface area contributed by atoms with E-state index < -0.39 is 16.9 Å². The fraction of sp³-hybridized carbons (Fsp3) is 0.147. The summed E-state index contributed by atoms with van der Waals surface area (Å²) in [6, 6.07) is 23.7. The SMILES string of the molecule is CCOC(=O)C1=C(c2ccccc2)N=c2s/c(=C\c3ccc(-c4ccc([N+](=O)[O-])cc4C)o3)c(=O)n2[C@@H]1c1ccc(OC)cc1. The summed E-state index contributed by atoms with van der Waals surface area (Å²) in [4.78, 5) is 43.7. The molecule has 3 heterocycles. The van der Waals surface area contributed by atoms with Crippen molar-refractivity contribution in [1.29, 1.82) is 0 Å². The lowest BCUT2D eigenvalue weighted by atomic mass is 9.93. The molecule has 0 amide bonds. The van der Waals surface area contributed by atoms with Gasteiger partial charge in [-0.3, -0.25) is 19.5 Å². The predicted molar refractivity (Wildman–Crippen MR) is 170 cm³/mol. The lowest BCUT2D eigenvalue weighted by molar-refractivity contribution is -0.384. The maximum atomic E-state index is 14.1. The molecule has 0 aliphatic carbocycles. The second kappa shape index (κ2) is 12.2. The van der Waals surface area contributed by atoms with E-state index in [4.69, 9.17) is 18.9 Å². The van der Waals surface area contributed by atoms with Gasteiger partial charge in [-0.2, -0.15) is 0 Å². The molecular formula is C34H27N3O7S. The third kappa shape index (κ3) is 5.61. The summed E-state index contributed by atoms with van der Waals surface area (Å²) in [5, 5.41) is 11.2. The van der Waals surface area contributed by atoms with Crippen LogP contribution < -0.4 is 19.6 Å². The average Bonchev–Trinajstić information content (AvgIpc) is 3.64. The van der Waals surface area contributed by atoms with Gasteiger partial charge in [0, 0.05) is 29.3 Å². The Morgan fingerprint density at radius 3 is 2.51 bits per heavy atom. The van der Waals surface area contributed by atoms with Gasteiger partial charge in [-0.05, 0) is 55.3 Å². The Kier molecular flexibility index (Phi) is 8.01. The fourth-order valence-electron chi connectivity index (χ4n) is 5.28. The molecule has 0 saturated heterocycles. The molecule has 6 rings (SSSR count). The molecule has 0 spiro atoms. The number of hydrogen-bond donors (Lipinski definition) is 0. The van der Waals surface area contributed by atoms with Gasteiger partial charge in [0.1, 0.15) is 17.3 Å². The summed E-state index contributed by atoms with van der Waals surface area (Å²) < 4.78 is 18.8. The summed E-state index contributed by atoms with van der Waals surface area (Å²) in [5.74, 6) is 0.993. The number of thiazole rings is 1. The Morgan fingerprint density at radius 1 is 1.09 bits per heavy atom. The highest BCUT2D eigenvalue weighted by molar-refractivity contribution is 7.07. The summed E-state index contributed by atoms with van der Waals surface area (Å²) in [7, 11) is 1.57. The van der Waals surface area contributed by atoms with E-state index in [9.17, 15) is 19.7 Å². The number of nitro groups is 1. The minimum Gasteiger partial charge on any atom is -0.497 e. The third-order valence-corrected chi connectivity index (χ3v) is 8.37. The molecular weight excluding hydrogens is 594 g/mol. The number of fused-ring (bicyclic) bond motifs is 1. The topological polar surface area (TPSA) is 126 Å². The number of ether oxygens (including phenoxy) is 2. The number of furan rings is 1. The quantitative estimate of drug-likeness (QED) is 0.129. The van der Waals surface area contributed by atoms with Crippen molar-refractivity contribution >= 4 is 34.8 Å². The maximum Gasteiger partial charge on any atom is 0.338 e. The average molecular weight is 622 g/mol. The van der Waals surface area contributed by atoms with Crippen molar-refractivity contribution in [1.82, 2.24) is 4.57 Å². The Hall–Kier alpha value is -5.55. The number of nitrogens with zero attached hydrogens (tertiary/aromatic N) is 3. The number of methoxy groups -OCH3 is 1. The van der Waals surface area contributed by atoms with Gasteiger partial charge >= 0.3 is 5.97 Å². The Balaban J connectivity index is 1.52. The van der Waals surface area contributed by atoms with Crippen molar-refractivity contribution < 1.29 is 23.6 Å². The zero-order valence-electron chi connectivity index (χ0n) is 24.6. The highest BCUT2D eigenvalue weighted by atomic mass is 32.1. The van der Waals surface area contributed by atoms with E-state index in [1.54, 1.807) is 57.4 Å². The molecule has 1 aliphatic heterocycles. The van der Waals surface area contributed by atoms with E-state index in [0.29, 0.717) is 54.6 Å². The predicted octanol–water partition coefficient (Wildman–Crippen LogP) is 5.42. The van der Waals surface area contributed by atoms with Crippen LogP contribution in [0.15, 0.2) is 105 Å². The first-order chi connectivity index (χ1) is 21.8. The number of rotatable bonds is 8. The number of aryl methyl sites for hydroxylation is 1. The molecule has 5 aromatic rings. The van der Waals surface area contributed by atoms with Crippen molar-refractivity contribution in [2.75, 3.05) is 13.7 Å². The van der Waals surface area contributed by atoms with Gasteiger partial charge < -0.3 is 13.9 Å². The lowest BCUT2D eigenvalue weighted by Gasteiger charge is -2.26. The lowest BCUT2D eigenvalue weighted by Crippen LogP contribution is -2.40. The van der Waals surface area contributed by atoms with Crippen LogP contribution in [0.25, 0.3) is 23.1 Å². The van der Waals surface area contributed by atoms with Crippen LogP contribution in [-0.4, -0.2) is 29.2 Å². The molecule has 0 unspecified atom stereocenters. The molecule has 45 heavy (non-hydrogen) atoms. The number of carbonyl (C=O) groups excluding carboxylic acids is 1. The highest BCUT2D eigenvalue weighted by Crippen LogP contribution is 2.36. The van der Waals surface area contributed by atoms with Gasteiger partial charge in [-0.15, -0.1) is 0 Å². The fourth-order valence-corrected chi connectivity index (χ4v) is 6.27. The number of non-ortho nitro benzene ring substituents is 1. The Labute approximate surface area is 261 Å². The van der Waals surface area contributed by atoms with Crippen LogP contribution in [0.1, 0.15) is 35.4 Å². The number of hydrogen-bond acceptors (Lipinski definition) is 9. The van der Waals surface area contributed by atoms with E-state index in [0.717, 1.165) is 0 Å². The minimum absolute atomic E-state index is 0.00684. The molecule has 2 aromatic heterocycles. The molecule has 10 nitrogen and oxygen atoms in total. The van der Waals surface area contributed by atoms with Crippen molar-refractivity contribution in [3.05, 3.63) is 143 Å². The zero-order valence-corrected chi connectivity index (χ0v) is 25.4. The van der Waals surface area contributed by atoms with Crippen molar-refractivity contribution in [2.45, 2.75) is 19.9 Å². The van der Waals surface area contributed by atoms with Gasteiger partial charge in [0.15, 0.2) is 4.80 Å². The van der Waals surface area contributed by atoms with E-state index in [-0.39, 0.29) is 23.4 Å². The zero-order chi connectivity index (χ0) is 31.7. The van der Waals surface area contributed by atoms with Crippen LogP contribution in [0.3, 0.4) is 0 Å². The molecule has 0 bridgehead atoms. The van der Waals surface area contributed by atoms with Gasteiger partial charge in [0.25, 0.3) is 11.2 Å². The number of carbonyl (C=O) groups is 1. The molecule has 0 N–H and O–H groups in total. The van der Waals surface area contributed by atoms with E-state index >= 15 is 0 Å². The van der Waals surface area contributed by atoms with Gasteiger partial charge in [0.05, 0.1) is 40.5 Å². The summed E-state index contributed by atoms with van der Waals surface area (Å²) >= 11 is 1.18. The van der Waals surface area contributed by atoms with Gasteiger partial charge in [-0.25, -0.2) is 9.79 Å². The maximum absolute atomic E-state index is 14.1. The van der Waals surface area contributed by atoms with Crippen LogP contribution in [0.5, 0.6) is 5.75 Å². The molecule has 3 aromatic carbocycles. The molecule has 226 valence electrons. The van der Waals surface area contributed by atoms with Crippen molar-refractivity contribution in [3.8, 4) is 17.1 Å². The summed E-state index contributed by atoms with van der Waals surface area (Å²) in [5.41, 5.74) is 3.11. The normalized spacial score (nSPS) is 14.6. The second-order valence-corrected chi connectivity index (χ2v) is 11.2. The van der Waals surface area contributed by atoms with Crippen LogP contribution in [0.2, 0.25) is 0 Å². The van der Waals surface area contributed by atoms with Crippen LogP contribution >= 0.6 is 11.3 Å². The third-order valence-electron chi connectivity index (χ3n) is 7.39. The second-order valence-electron chi connectivity index (χ2n) is 10.2. The first-order valence-corrected chi connectivity index (χ1v) is 14.9. The van der Waals surface area contributed by atoms with Crippen molar-refractivity contribution in [3.63, 3.8) is 0 Å². The number of nitro benzene ring substituents is 1. The van der Waals surface area contributed by atoms with Crippen LogP contribution in [-0.2, 0) is 9.53 Å². The van der Waals surface area contributed by atoms with E-state index in [1.807, 2.05) is 42.5 Å². The molecule has 0 radical (unpaired) electrons. The first kappa shape index (κ1) is 29.5. The van der Waals surface area contributed by atoms with Crippen LogP contribution in [0, 0.1) is 17.0 Å². The van der Waals surface area contributed by atoms with E-state index in [2.05, 4.69) is 0 Å². The summed E-state index contributed by atoms with van der Waals surface area (Å²) in [6.07, 6.45) is 1.63. The van der Waals surface area contributed by atoms with E-state index in [1.165, 1.54) is 28.0 Å². The molecule has 1 atom stereocenters. The highest BCUT2D eigenvalue weighted by Gasteiger charge is 2.35. The number of aromatic nitrogens is 1. The van der Waals surface area contributed by atoms with Crippen LogP contribution in [0.4, 0.5) is 5.69 Å². The number of esters is 1. The Bertz CT molecular complexity index is 2140. The smallest absolute Gasteiger partial charge is 0.338 e. The number of benzene rings is 3. The minimum atomic E-state index is -0.821.